The molecule has 350 valence electrons. The smallest absolute Gasteiger partial charge is 0.457 e. The maximum atomic E-state index is 12.7. The predicted molar refractivity (Wildman–Crippen MR) is 261 cm³/mol. The Bertz CT molecular complexity index is 1290. The van der Waals surface area contributed by atoms with Crippen molar-refractivity contribution in [2.24, 2.45) is 0 Å². The van der Waals surface area contributed by atoms with E-state index in [0.29, 0.717) is 17.6 Å². The summed E-state index contributed by atoms with van der Waals surface area (Å²) in [5, 5.41) is 0. The number of hydrogen-bond acceptors (Lipinski definition) is 6. The molecule has 0 saturated carbocycles. The minimum Gasteiger partial charge on any atom is -0.457 e. The second-order valence-corrected chi connectivity index (χ2v) is 18.2. The van der Waals surface area contributed by atoms with Crippen molar-refractivity contribution >= 4 is 13.8 Å². The fourth-order valence-electron chi connectivity index (χ4n) is 5.94. The van der Waals surface area contributed by atoms with Gasteiger partial charge in [0.2, 0.25) is 0 Å². The van der Waals surface area contributed by atoms with Crippen molar-refractivity contribution < 1.29 is 37.3 Å². The average Bonchev–Trinajstić information content (AvgIpc) is 3.22. The van der Waals surface area contributed by atoms with Gasteiger partial charge in [0.05, 0.1) is 34.4 Å². The molecule has 0 amide bonds. The molecule has 0 aliphatic rings. The van der Waals surface area contributed by atoms with Gasteiger partial charge in [0.1, 0.15) is 19.3 Å². The highest BCUT2D eigenvalue weighted by atomic mass is 31.2. The summed E-state index contributed by atoms with van der Waals surface area (Å²) in [6.45, 7) is 5.41. The molecule has 0 fully saturated rings. The second kappa shape index (κ2) is 44.0. The highest BCUT2D eigenvalue weighted by molar-refractivity contribution is 7.47. The van der Waals surface area contributed by atoms with E-state index in [9.17, 15) is 14.3 Å². The van der Waals surface area contributed by atoms with Gasteiger partial charge in [0, 0.05) is 13.0 Å². The van der Waals surface area contributed by atoms with Crippen LogP contribution < -0.4 is 0 Å². The number of carbonyl (C=O) groups is 1. The molecule has 0 rings (SSSR count). The standard InChI is InChI=1S/C52H90NO7P/c1-6-8-10-12-14-16-18-20-22-23-24-25-26-27-28-29-30-31-32-33-35-37-39-41-43-45-52(54)60-51(50-59-61(55,56)58-48-46-53(3,4)5)49-57-47-44-42-40-38-36-34-21-19-17-15-13-11-9-7-2/h8,10,14,16-17,19-20,22,24-25,27-28,30-31,33,35,51H,6-7,9,11-13,15,18,21,23,26,29,32,34,36-50H2,1-5H3/p+1/b10-8-,16-14-,19-17-,22-20-,25-24-,28-27-,31-30-,35-33-. The molecule has 0 radical (unpaired) electrons. The molecular weight excluding hydrogens is 782 g/mol. The highest BCUT2D eigenvalue weighted by Crippen LogP contribution is 2.43. The summed E-state index contributed by atoms with van der Waals surface area (Å²) in [5.41, 5.74) is 0. The van der Waals surface area contributed by atoms with Crippen LogP contribution in [0.5, 0.6) is 0 Å². The Balaban J connectivity index is 4.29. The summed E-state index contributed by atoms with van der Waals surface area (Å²) in [5.74, 6) is -0.351. The van der Waals surface area contributed by atoms with Gasteiger partial charge in [-0.25, -0.2) is 4.57 Å². The van der Waals surface area contributed by atoms with Crippen LogP contribution in [0.2, 0.25) is 0 Å². The second-order valence-electron chi connectivity index (χ2n) is 16.8. The Morgan fingerprint density at radius 3 is 1.44 bits per heavy atom. The van der Waals surface area contributed by atoms with Crippen molar-refractivity contribution in [3.05, 3.63) is 97.2 Å². The van der Waals surface area contributed by atoms with E-state index < -0.39 is 13.9 Å². The first-order valence-electron chi connectivity index (χ1n) is 24.0. The molecule has 2 atom stereocenters. The lowest BCUT2D eigenvalue weighted by atomic mass is 10.1. The lowest BCUT2D eigenvalue weighted by molar-refractivity contribution is -0.870. The third kappa shape index (κ3) is 48.3. The zero-order valence-corrected chi connectivity index (χ0v) is 40.5. The zero-order valence-electron chi connectivity index (χ0n) is 39.6. The van der Waals surface area contributed by atoms with Crippen LogP contribution in [-0.4, -0.2) is 75.6 Å². The number of unbranched alkanes of at least 4 members (excludes halogenated alkanes) is 13. The Morgan fingerprint density at radius 2 is 0.951 bits per heavy atom. The molecule has 2 unspecified atom stereocenters. The van der Waals surface area contributed by atoms with Crippen molar-refractivity contribution in [1.29, 1.82) is 0 Å². The molecule has 1 N–H and O–H groups in total. The molecule has 0 bridgehead atoms. The fraction of sp³-hybridized carbons (Fsp3) is 0.673. The SMILES string of the molecule is CC/C=C\C/C=C\C/C=C\C/C=C\C/C=C\C/C=C\C/C=C\CCCCCC(=O)OC(COCCCCCCCC/C=C\CCCCCC)COP(=O)(O)OCC[N+](C)(C)C. The van der Waals surface area contributed by atoms with Crippen molar-refractivity contribution in [2.45, 2.75) is 174 Å². The first kappa shape index (κ1) is 58.4. The number of esters is 1. The van der Waals surface area contributed by atoms with Crippen molar-refractivity contribution in [2.75, 3.05) is 54.1 Å². The van der Waals surface area contributed by atoms with E-state index in [2.05, 4.69) is 111 Å². The molecule has 0 saturated heterocycles. The fourth-order valence-corrected chi connectivity index (χ4v) is 6.68. The van der Waals surface area contributed by atoms with Crippen molar-refractivity contribution in [3.8, 4) is 0 Å². The molecule has 61 heavy (non-hydrogen) atoms. The van der Waals surface area contributed by atoms with E-state index in [1.807, 2.05) is 21.1 Å². The number of rotatable bonds is 43. The van der Waals surface area contributed by atoms with E-state index in [-0.39, 0.29) is 32.2 Å². The van der Waals surface area contributed by atoms with Crippen molar-refractivity contribution in [3.63, 3.8) is 0 Å². The first-order chi connectivity index (χ1) is 29.6. The van der Waals surface area contributed by atoms with Gasteiger partial charge in [-0.2, -0.15) is 0 Å². The Hall–Kier alpha value is -2.58. The predicted octanol–water partition coefficient (Wildman–Crippen LogP) is 14.6. The van der Waals surface area contributed by atoms with Gasteiger partial charge in [0.25, 0.3) is 0 Å². The van der Waals surface area contributed by atoms with Gasteiger partial charge in [-0.3, -0.25) is 13.8 Å². The number of hydrogen-bond donors (Lipinski definition) is 1. The summed E-state index contributed by atoms with van der Waals surface area (Å²) in [6, 6.07) is 0. The van der Waals surface area contributed by atoms with Crippen LogP contribution in [0.15, 0.2) is 97.2 Å². The summed E-state index contributed by atoms with van der Waals surface area (Å²) < 4.78 is 35.0. The topological polar surface area (TPSA) is 91.3 Å². The van der Waals surface area contributed by atoms with E-state index in [1.165, 1.54) is 64.2 Å². The third-order valence-corrected chi connectivity index (χ3v) is 10.6. The maximum absolute atomic E-state index is 12.7. The molecule has 0 aromatic rings. The van der Waals surface area contributed by atoms with Crippen LogP contribution in [0.25, 0.3) is 0 Å². The van der Waals surface area contributed by atoms with E-state index in [0.717, 1.165) is 83.5 Å². The molecule has 8 nitrogen and oxygen atoms in total. The van der Waals surface area contributed by atoms with Gasteiger partial charge in [-0.05, 0) is 96.3 Å². The largest absolute Gasteiger partial charge is 0.472 e. The number of phosphoric ester groups is 1. The normalized spacial score (nSPS) is 14.5. The van der Waals surface area contributed by atoms with Crippen LogP contribution in [0.3, 0.4) is 0 Å². The van der Waals surface area contributed by atoms with Gasteiger partial charge in [0.15, 0.2) is 0 Å². The molecular formula is C52H91NO7P+. The number of ether oxygens (including phenoxy) is 2. The van der Waals surface area contributed by atoms with Crippen LogP contribution >= 0.6 is 7.82 Å². The van der Waals surface area contributed by atoms with E-state index in [4.69, 9.17) is 18.5 Å². The summed E-state index contributed by atoms with van der Waals surface area (Å²) in [7, 11) is 1.62. The Labute approximate surface area is 375 Å². The van der Waals surface area contributed by atoms with Gasteiger partial charge < -0.3 is 18.9 Å². The molecule has 0 aliphatic heterocycles. The van der Waals surface area contributed by atoms with E-state index >= 15 is 0 Å². The summed E-state index contributed by atoms with van der Waals surface area (Å²) in [6.07, 6.45) is 60.2. The highest BCUT2D eigenvalue weighted by Gasteiger charge is 2.26. The third-order valence-electron chi connectivity index (χ3n) is 9.63. The number of carbonyl (C=O) groups excluding carboxylic acids is 1. The lowest BCUT2D eigenvalue weighted by Gasteiger charge is -2.24. The maximum Gasteiger partial charge on any atom is 0.472 e. The summed E-state index contributed by atoms with van der Waals surface area (Å²) >= 11 is 0. The molecule has 0 spiro atoms. The monoisotopic (exact) mass is 873 g/mol. The first-order valence-corrected chi connectivity index (χ1v) is 25.5. The number of quaternary nitrogens is 1. The molecule has 0 heterocycles. The van der Waals surface area contributed by atoms with Gasteiger partial charge >= 0.3 is 13.8 Å². The molecule has 0 aromatic heterocycles. The Morgan fingerprint density at radius 1 is 0.525 bits per heavy atom. The van der Waals surface area contributed by atoms with Gasteiger partial charge in [-0.15, -0.1) is 0 Å². The number of allylic oxidation sites excluding steroid dienone is 16. The lowest BCUT2D eigenvalue weighted by Crippen LogP contribution is -2.37. The quantitative estimate of drug-likeness (QED) is 0.0214. The average molecular weight is 873 g/mol. The molecule has 9 heteroatoms. The van der Waals surface area contributed by atoms with Crippen LogP contribution in [0.1, 0.15) is 168 Å². The van der Waals surface area contributed by atoms with E-state index in [1.54, 1.807) is 0 Å². The molecule has 0 aliphatic carbocycles. The van der Waals surface area contributed by atoms with Crippen LogP contribution in [0, 0.1) is 0 Å². The van der Waals surface area contributed by atoms with Crippen LogP contribution in [-0.2, 0) is 27.9 Å². The molecule has 0 aromatic carbocycles. The van der Waals surface area contributed by atoms with Crippen LogP contribution in [0.4, 0.5) is 0 Å². The number of nitrogens with zero attached hydrogens (tertiary/aromatic N) is 1. The van der Waals surface area contributed by atoms with Crippen molar-refractivity contribution in [1.82, 2.24) is 0 Å². The number of phosphoric acid groups is 1. The number of likely N-dealkylation sites (N-methyl/N-ethyl adjacent to an activating group) is 1. The Kier molecular flexibility index (Phi) is 42.2. The minimum absolute atomic E-state index is 0.0752. The zero-order chi connectivity index (χ0) is 44.8. The summed E-state index contributed by atoms with van der Waals surface area (Å²) in [4.78, 5) is 22.9. The van der Waals surface area contributed by atoms with Gasteiger partial charge in [-0.1, -0.05) is 162 Å². The minimum atomic E-state index is -4.29.